The first-order valence-electron chi connectivity index (χ1n) is 5.09. The Labute approximate surface area is 103 Å². The van der Waals surface area contributed by atoms with Crippen molar-refractivity contribution in [3.8, 4) is 0 Å². The first-order valence-corrected chi connectivity index (χ1v) is 5.97. The molecule has 6 heteroatoms. The smallest absolute Gasteiger partial charge is 0.360 e. The Hall–Kier alpha value is -1.82. The van der Waals surface area contributed by atoms with E-state index < -0.39 is 5.97 Å². The predicted octanol–water partition coefficient (Wildman–Crippen LogP) is 1.92. The van der Waals surface area contributed by atoms with Gasteiger partial charge in [0.15, 0.2) is 5.69 Å². The number of carbonyl (C=O) groups is 1. The molecule has 1 atom stereocenters. The van der Waals surface area contributed by atoms with Crippen molar-refractivity contribution in [1.82, 2.24) is 9.55 Å². The largest absolute Gasteiger partial charge is 0.464 e. The molecular formula is C11H13N3O2S. The molecule has 0 radical (unpaired) electrons. The maximum atomic E-state index is 11.4. The molecule has 2 heterocycles. The Morgan fingerprint density at radius 2 is 2.41 bits per heavy atom. The number of hydrogen-bond donors (Lipinski definition) is 1. The summed E-state index contributed by atoms with van der Waals surface area (Å²) in [5, 5.41) is 2.00. The molecule has 5 nitrogen and oxygen atoms in total. The minimum Gasteiger partial charge on any atom is -0.464 e. The van der Waals surface area contributed by atoms with Gasteiger partial charge in [0.1, 0.15) is 5.82 Å². The van der Waals surface area contributed by atoms with Crippen molar-refractivity contribution in [2.75, 3.05) is 12.8 Å². The van der Waals surface area contributed by atoms with Crippen LogP contribution in [0.5, 0.6) is 0 Å². The third kappa shape index (κ3) is 2.03. The number of nitrogens with two attached hydrogens (primary N) is 1. The van der Waals surface area contributed by atoms with Gasteiger partial charge < -0.3 is 15.0 Å². The van der Waals surface area contributed by atoms with Gasteiger partial charge >= 0.3 is 5.97 Å². The summed E-state index contributed by atoms with van der Waals surface area (Å²) >= 11 is 1.64. The summed E-state index contributed by atoms with van der Waals surface area (Å²) in [6, 6.07) is 4.05. The normalized spacial score (nSPS) is 12.4. The van der Waals surface area contributed by atoms with Crippen LogP contribution in [0.2, 0.25) is 0 Å². The summed E-state index contributed by atoms with van der Waals surface area (Å²) in [7, 11) is 1.31. The number of anilines is 1. The Morgan fingerprint density at radius 3 is 3.00 bits per heavy atom. The summed E-state index contributed by atoms with van der Waals surface area (Å²) in [5.74, 6) is -0.183. The average molecular weight is 251 g/mol. The summed E-state index contributed by atoms with van der Waals surface area (Å²) < 4.78 is 6.37. The third-order valence-electron chi connectivity index (χ3n) is 2.58. The number of esters is 1. The van der Waals surface area contributed by atoms with Gasteiger partial charge in [0, 0.05) is 4.88 Å². The Kier molecular flexibility index (Phi) is 3.14. The molecule has 1 unspecified atom stereocenters. The van der Waals surface area contributed by atoms with Crippen molar-refractivity contribution in [2.45, 2.75) is 13.0 Å². The number of nitrogens with zero attached hydrogens (tertiary/aromatic N) is 2. The number of methoxy groups -OCH3 is 1. The molecule has 2 N–H and O–H groups in total. The lowest BCUT2D eigenvalue weighted by Crippen LogP contribution is -2.11. The summed E-state index contributed by atoms with van der Waals surface area (Å²) in [4.78, 5) is 16.5. The highest BCUT2D eigenvalue weighted by atomic mass is 32.1. The highest BCUT2D eigenvalue weighted by molar-refractivity contribution is 7.10. The molecule has 0 spiro atoms. The molecule has 0 aliphatic heterocycles. The second kappa shape index (κ2) is 4.58. The fourth-order valence-corrected chi connectivity index (χ4v) is 2.38. The van der Waals surface area contributed by atoms with Gasteiger partial charge in [0.25, 0.3) is 0 Å². The number of nitrogen functional groups attached to an aromatic ring is 1. The second-order valence-corrected chi connectivity index (χ2v) is 4.55. The maximum Gasteiger partial charge on any atom is 0.360 e. The average Bonchev–Trinajstić information content (AvgIpc) is 2.96. The summed E-state index contributed by atoms with van der Waals surface area (Å²) in [6.07, 6.45) is 1.56. The van der Waals surface area contributed by atoms with Crippen molar-refractivity contribution < 1.29 is 9.53 Å². The number of carbonyl (C=O) groups excluding carboxylic acids is 1. The Bertz CT molecular complexity index is 519. The Morgan fingerprint density at radius 1 is 1.65 bits per heavy atom. The van der Waals surface area contributed by atoms with Gasteiger partial charge in [0.05, 0.1) is 19.5 Å². The van der Waals surface area contributed by atoms with Crippen LogP contribution in [-0.2, 0) is 4.74 Å². The van der Waals surface area contributed by atoms with Crippen LogP contribution in [0.25, 0.3) is 0 Å². The molecular weight excluding hydrogens is 238 g/mol. The molecule has 0 amide bonds. The van der Waals surface area contributed by atoms with E-state index in [-0.39, 0.29) is 11.7 Å². The minimum atomic E-state index is -0.514. The minimum absolute atomic E-state index is 0.0564. The molecule has 0 fully saturated rings. The lowest BCUT2D eigenvalue weighted by Gasteiger charge is -2.12. The second-order valence-electron chi connectivity index (χ2n) is 3.57. The molecule has 0 saturated heterocycles. The number of hydrogen-bond acceptors (Lipinski definition) is 5. The zero-order chi connectivity index (χ0) is 12.4. The topological polar surface area (TPSA) is 70.1 Å². The number of aromatic nitrogens is 2. The first-order chi connectivity index (χ1) is 8.15. The van der Waals surface area contributed by atoms with E-state index >= 15 is 0 Å². The monoisotopic (exact) mass is 251 g/mol. The van der Waals surface area contributed by atoms with Crippen LogP contribution in [0.1, 0.15) is 28.3 Å². The lowest BCUT2D eigenvalue weighted by atomic mass is 10.2. The van der Waals surface area contributed by atoms with Gasteiger partial charge in [-0.25, -0.2) is 9.78 Å². The lowest BCUT2D eigenvalue weighted by molar-refractivity contribution is 0.0596. The summed E-state index contributed by atoms with van der Waals surface area (Å²) in [5.41, 5.74) is 6.05. The summed E-state index contributed by atoms with van der Waals surface area (Å²) in [6.45, 7) is 2.00. The SMILES string of the molecule is COC(=O)c1ncn(C(C)c2cccs2)c1N. The highest BCUT2D eigenvalue weighted by Gasteiger charge is 2.19. The van der Waals surface area contributed by atoms with Crippen molar-refractivity contribution in [3.63, 3.8) is 0 Å². The molecule has 0 saturated carbocycles. The van der Waals surface area contributed by atoms with E-state index in [0.29, 0.717) is 5.82 Å². The number of imidazole rings is 1. The zero-order valence-corrected chi connectivity index (χ0v) is 10.4. The molecule has 90 valence electrons. The molecule has 17 heavy (non-hydrogen) atoms. The predicted molar refractivity (Wildman–Crippen MR) is 66.1 cm³/mol. The maximum absolute atomic E-state index is 11.4. The van der Waals surface area contributed by atoms with E-state index in [9.17, 15) is 4.79 Å². The molecule has 0 aromatic carbocycles. The number of thiophene rings is 1. The molecule has 2 aromatic heterocycles. The van der Waals surface area contributed by atoms with Gasteiger partial charge in [0.2, 0.25) is 0 Å². The fourth-order valence-electron chi connectivity index (χ4n) is 1.60. The van der Waals surface area contributed by atoms with Gasteiger partial charge in [-0.2, -0.15) is 0 Å². The van der Waals surface area contributed by atoms with Crippen molar-refractivity contribution in [2.24, 2.45) is 0 Å². The van der Waals surface area contributed by atoms with E-state index in [1.54, 1.807) is 22.2 Å². The molecule has 0 bridgehead atoms. The van der Waals surface area contributed by atoms with E-state index in [0.717, 1.165) is 4.88 Å². The highest BCUT2D eigenvalue weighted by Crippen LogP contribution is 2.26. The van der Waals surface area contributed by atoms with Crippen LogP contribution in [0.3, 0.4) is 0 Å². The van der Waals surface area contributed by atoms with E-state index in [4.69, 9.17) is 5.73 Å². The van der Waals surface area contributed by atoms with Crippen LogP contribution in [-0.4, -0.2) is 22.6 Å². The van der Waals surface area contributed by atoms with Gasteiger partial charge in [-0.1, -0.05) is 6.07 Å². The van der Waals surface area contributed by atoms with Gasteiger partial charge in [-0.05, 0) is 18.4 Å². The van der Waals surface area contributed by atoms with E-state index in [1.807, 2.05) is 24.4 Å². The van der Waals surface area contributed by atoms with Crippen LogP contribution in [0, 0.1) is 0 Å². The van der Waals surface area contributed by atoms with Crippen molar-refractivity contribution in [3.05, 3.63) is 34.4 Å². The van der Waals surface area contributed by atoms with Crippen LogP contribution < -0.4 is 5.73 Å². The number of ether oxygens (including phenoxy) is 1. The van der Waals surface area contributed by atoms with Crippen LogP contribution in [0.15, 0.2) is 23.8 Å². The van der Waals surface area contributed by atoms with E-state index in [1.165, 1.54) is 7.11 Å². The first kappa shape index (κ1) is 11.7. The molecule has 2 aromatic rings. The fraction of sp³-hybridized carbons (Fsp3) is 0.273. The quantitative estimate of drug-likeness (QED) is 0.846. The number of rotatable bonds is 3. The van der Waals surface area contributed by atoms with Crippen LogP contribution in [0.4, 0.5) is 5.82 Å². The van der Waals surface area contributed by atoms with Crippen molar-refractivity contribution >= 4 is 23.1 Å². The third-order valence-corrected chi connectivity index (χ3v) is 3.63. The zero-order valence-electron chi connectivity index (χ0n) is 9.58. The van der Waals surface area contributed by atoms with Crippen LogP contribution >= 0.6 is 11.3 Å². The molecule has 0 aliphatic rings. The standard InChI is InChI=1S/C11H13N3O2S/c1-7(8-4-3-5-17-8)14-6-13-9(10(14)12)11(15)16-2/h3-7H,12H2,1-2H3. The van der Waals surface area contributed by atoms with Gasteiger partial charge in [-0.15, -0.1) is 11.3 Å². The Balaban J connectivity index is 2.34. The van der Waals surface area contributed by atoms with Crippen molar-refractivity contribution in [1.29, 1.82) is 0 Å². The van der Waals surface area contributed by atoms with Gasteiger partial charge in [-0.3, -0.25) is 0 Å². The molecule has 2 rings (SSSR count). The molecule has 0 aliphatic carbocycles. The van der Waals surface area contributed by atoms with E-state index in [2.05, 4.69) is 9.72 Å².